The second-order valence-corrected chi connectivity index (χ2v) is 5.54. The lowest BCUT2D eigenvalue weighted by Gasteiger charge is -2.18. The Labute approximate surface area is 131 Å². The molecule has 0 saturated carbocycles. The third-order valence-electron chi connectivity index (χ3n) is 3.36. The molecule has 3 rings (SSSR count). The van der Waals surface area contributed by atoms with Gasteiger partial charge in [0.15, 0.2) is 0 Å². The zero-order chi connectivity index (χ0) is 15.0. The van der Waals surface area contributed by atoms with E-state index in [4.69, 9.17) is 29.0 Å². The summed E-state index contributed by atoms with van der Waals surface area (Å²) in [5, 5.41) is 1.07. The maximum absolute atomic E-state index is 12.2. The van der Waals surface area contributed by atoms with Gasteiger partial charge in [0.25, 0.3) is 0 Å². The summed E-state index contributed by atoms with van der Waals surface area (Å²) in [5.41, 5.74) is 4.80. The molecule has 108 valence electrons. The summed E-state index contributed by atoms with van der Waals surface area (Å²) in [4.78, 5) is 18.1. The number of anilines is 2. The molecule has 1 aromatic heterocycles. The molecule has 0 bridgehead atoms. The predicted molar refractivity (Wildman–Crippen MR) is 83.4 cm³/mol. The number of amides is 1. The van der Waals surface area contributed by atoms with Gasteiger partial charge in [-0.2, -0.15) is 0 Å². The molecule has 2 heterocycles. The van der Waals surface area contributed by atoms with E-state index in [0.29, 0.717) is 28.0 Å². The van der Waals surface area contributed by atoms with Gasteiger partial charge in [0.05, 0.1) is 23.7 Å². The number of fused-ring (bicyclic) bond motifs is 1. The number of nitrogens with two attached hydrogens (primary N) is 1. The molecule has 0 unspecified atom stereocenters. The number of aromatic nitrogens is 1. The molecular weight excluding hydrogens is 311 g/mol. The highest BCUT2D eigenvalue weighted by molar-refractivity contribution is 6.31. The Morgan fingerprint density at radius 1 is 1.29 bits per heavy atom. The summed E-state index contributed by atoms with van der Waals surface area (Å²) >= 11 is 12.2. The Morgan fingerprint density at radius 3 is 2.86 bits per heavy atom. The topological polar surface area (TPSA) is 71.2 Å². The van der Waals surface area contributed by atoms with Crippen LogP contribution in [0.2, 0.25) is 10.0 Å². The van der Waals surface area contributed by atoms with Crippen LogP contribution in [0.1, 0.15) is 11.3 Å². The quantitative estimate of drug-likeness (QED) is 0.673. The number of benzene rings is 1. The van der Waals surface area contributed by atoms with Gasteiger partial charge in [0.1, 0.15) is 5.82 Å². The van der Waals surface area contributed by atoms with Crippen molar-refractivity contribution in [2.24, 2.45) is 5.84 Å². The van der Waals surface area contributed by atoms with Crippen molar-refractivity contribution in [3.8, 4) is 0 Å². The van der Waals surface area contributed by atoms with Gasteiger partial charge >= 0.3 is 0 Å². The third-order valence-corrected chi connectivity index (χ3v) is 3.93. The van der Waals surface area contributed by atoms with Gasteiger partial charge in [-0.25, -0.2) is 10.8 Å². The first kappa shape index (κ1) is 14.1. The average Bonchev–Trinajstić information content (AvgIpc) is 2.77. The van der Waals surface area contributed by atoms with Crippen LogP contribution in [0.5, 0.6) is 0 Å². The molecule has 1 aliphatic rings. The van der Waals surface area contributed by atoms with Gasteiger partial charge < -0.3 is 10.3 Å². The predicted octanol–water partition coefficient (Wildman–Crippen LogP) is 2.76. The standard InChI is InChI=1S/C14H12Cl2N4O/c15-9-2-1-8-5-14(21)20(12(8)6-9)7-11-10(16)3-4-13(18-11)19-17/h1-4,6H,5,7,17H2,(H,18,19). The van der Waals surface area contributed by atoms with E-state index in [-0.39, 0.29) is 12.5 Å². The minimum Gasteiger partial charge on any atom is -0.308 e. The van der Waals surface area contributed by atoms with Crippen molar-refractivity contribution in [3.05, 3.63) is 51.6 Å². The van der Waals surface area contributed by atoms with Crippen molar-refractivity contribution in [1.29, 1.82) is 0 Å². The molecule has 0 saturated heterocycles. The molecule has 7 heteroatoms. The Balaban J connectivity index is 1.96. The van der Waals surface area contributed by atoms with Gasteiger partial charge in [-0.15, -0.1) is 0 Å². The molecule has 0 spiro atoms. The monoisotopic (exact) mass is 322 g/mol. The van der Waals surface area contributed by atoms with Gasteiger partial charge in [-0.3, -0.25) is 4.79 Å². The van der Waals surface area contributed by atoms with Crippen molar-refractivity contribution in [1.82, 2.24) is 4.98 Å². The number of nitrogens with one attached hydrogen (secondary N) is 1. The maximum atomic E-state index is 12.2. The molecule has 5 nitrogen and oxygen atoms in total. The fourth-order valence-corrected chi connectivity index (χ4v) is 2.66. The van der Waals surface area contributed by atoms with E-state index in [2.05, 4.69) is 10.4 Å². The van der Waals surface area contributed by atoms with Crippen LogP contribution in [0.25, 0.3) is 0 Å². The Hall–Kier alpha value is -1.82. The van der Waals surface area contributed by atoms with Crippen LogP contribution in [0, 0.1) is 0 Å². The smallest absolute Gasteiger partial charge is 0.231 e. The average molecular weight is 323 g/mol. The highest BCUT2D eigenvalue weighted by Crippen LogP contribution is 2.33. The molecule has 1 amide bonds. The zero-order valence-electron chi connectivity index (χ0n) is 10.9. The second kappa shape index (κ2) is 5.52. The second-order valence-electron chi connectivity index (χ2n) is 4.70. The number of carbonyl (C=O) groups excluding carboxylic acids is 1. The molecule has 3 N–H and O–H groups in total. The number of hydrazine groups is 1. The number of halogens is 2. The molecule has 0 aliphatic carbocycles. The highest BCUT2D eigenvalue weighted by atomic mass is 35.5. The van der Waals surface area contributed by atoms with Crippen molar-refractivity contribution in [2.45, 2.75) is 13.0 Å². The summed E-state index contributed by atoms with van der Waals surface area (Å²) in [6, 6.07) is 8.78. The zero-order valence-corrected chi connectivity index (χ0v) is 12.4. The van der Waals surface area contributed by atoms with Crippen molar-refractivity contribution >= 4 is 40.6 Å². The molecule has 0 fully saturated rings. The van der Waals surface area contributed by atoms with Crippen LogP contribution in [0.4, 0.5) is 11.5 Å². The lowest BCUT2D eigenvalue weighted by atomic mass is 10.2. The first-order valence-electron chi connectivity index (χ1n) is 6.29. The Morgan fingerprint density at radius 2 is 2.10 bits per heavy atom. The SMILES string of the molecule is NNc1ccc(Cl)c(CN2C(=O)Cc3ccc(Cl)cc32)n1. The number of pyridine rings is 1. The highest BCUT2D eigenvalue weighted by Gasteiger charge is 2.28. The molecule has 1 aliphatic heterocycles. The van der Waals surface area contributed by atoms with Gasteiger partial charge in [-0.1, -0.05) is 29.3 Å². The molecular formula is C14H12Cl2N4O. The lowest BCUT2D eigenvalue weighted by Crippen LogP contribution is -2.27. The van der Waals surface area contributed by atoms with Crippen LogP contribution in [0.15, 0.2) is 30.3 Å². The number of hydrogen-bond acceptors (Lipinski definition) is 4. The summed E-state index contributed by atoms with van der Waals surface area (Å²) in [6.07, 6.45) is 0.360. The van der Waals surface area contributed by atoms with Gasteiger partial charge in [0.2, 0.25) is 5.91 Å². The third kappa shape index (κ3) is 2.68. The first-order valence-corrected chi connectivity index (χ1v) is 7.05. The number of hydrogen-bond donors (Lipinski definition) is 2. The summed E-state index contributed by atoms with van der Waals surface area (Å²) in [6.45, 7) is 0.278. The van der Waals surface area contributed by atoms with E-state index < -0.39 is 0 Å². The number of rotatable bonds is 3. The summed E-state index contributed by atoms with van der Waals surface area (Å²) in [7, 11) is 0. The largest absolute Gasteiger partial charge is 0.308 e. The fraction of sp³-hybridized carbons (Fsp3) is 0.143. The van der Waals surface area contributed by atoms with Crippen molar-refractivity contribution < 1.29 is 4.79 Å². The first-order chi connectivity index (χ1) is 10.1. The van der Waals surface area contributed by atoms with Gasteiger partial charge in [-0.05, 0) is 29.8 Å². The molecule has 1 aromatic carbocycles. The minimum atomic E-state index is -0.00348. The number of nitrogens with zero attached hydrogens (tertiary/aromatic N) is 2. The van der Waals surface area contributed by atoms with Gasteiger partial charge in [0, 0.05) is 10.7 Å². The van der Waals surface area contributed by atoms with Crippen molar-refractivity contribution in [2.75, 3.05) is 10.3 Å². The van der Waals surface area contributed by atoms with Crippen LogP contribution in [-0.4, -0.2) is 10.9 Å². The molecule has 21 heavy (non-hydrogen) atoms. The lowest BCUT2D eigenvalue weighted by molar-refractivity contribution is -0.117. The molecule has 0 atom stereocenters. The summed E-state index contributed by atoms with van der Waals surface area (Å²) < 4.78 is 0. The maximum Gasteiger partial charge on any atom is 0.231 e. The number of carbonyl (C=O) groups is 1. The van der Waals surface area contributed by atoms with E-state index in [1.807, 2.05) is 6.07 Å². The normalized spacial score (nSPS) is 13.5. The molecule has 2 aromatic rings. The van der Waals surface area contributed by atoms with E-state index in [1.165, 1.54) is 0 Å². The van der Waals surface area contributed by atoms with Crippen LogP contribution >= 0.6 is 23.2 Å². The van der Waals surface area contributed by atoms with Crippen LogP contribution in [-0.2, 0) is 17.8 Å². The molecule has 0 radical (unpaired) electrons. The van der Waals surface area contributed by atoms with E-state index in [9.17, 15) is 4.79 Å². The Bertz CT molecular complexity index is 720. The van der Waals surface area contributed by atoms with Crippen LogP contribution < -0.4 is 16.2 Å². The fourth-order valence-electron chi connectivity index (χ4n) is 2.33. The van der Waals surface area contributed by atoms with E-state index >= 15 is 0 Å². The van der Waals surface area contributed by atoms with Crippen LogP contribution in [0.3, 0.4) is 0 Å². The van der Waals surface area contributed by atoms with Crippen molar-refractivity contribution in [3.63, 3.8) is 0 Å². The number of nitrogen functional groups attached to an aromatic ring is 1. The summed E-state index contributed by atoms with van der Waals surface area (Å²) in [5.74, 6) is 5.84. The minimum absolute atomic E-state index is 0.00348. The van der Waals surface area contributed by atoms with E-state index in [1.54, 1.807) is 29.2 Å². The Kier molecular flexibility index (Phi) is 3.71. The van der Waals surface area contributed by atoms with E-state index in [0.717, 1.165) is 11.3 Å².